The van der Waals surface area contributed by atoms with Gasteiger partial charge >= 0.3 is 5.97 Å². The lowest BCUT2D eigenvalue weighted by molar-refractivity contribution is -0.136. The highest BCUT2D eigenvalue weighted by Gasteiger charge is 2.20. The highest BCUT2D eigenvalue weighted by molar-refractivity contribution is 7.19. The van der Waals surface area contributed by atoms with Crippen molar-refractivity contribution in [1.82, 2.24) is 15.0 Å². The summed E-state index contributed by atoms with van der Waals surface area (Å²) in [5, 5.41) is 9.08. The molecule has 9 heteroatoms. The Morgan fingerprint density at radius 1 is 1.33 bits per heavy atom. The Balaban J connectivity index is 2.02. The van der Waals surface area contributed by atoms with Crippen molar-refractivity contribution >= 4 is 34.7 Å². The number of carboxylic acid groups (broad SMARTS) is 1. The highest BCUT2D eigenvalue weighted by atomic mass is 35.5. The molecule has 0 atom stereocenters. The number of carbonyl (C=O) groups is 1. The van der Waals surface area contributed by atoms with E-state index >= 15 is 0 Å². The molecule has 24 heavy (non-hydrogen) atoms. The van der Waals surface area contributed by atoms with E-state index in [1.165, 1.54) is 17.5 Å². The average molecular weight is 365 g/mol. The maximum atomic E-state index is 11.1. The second-order valence-corrected chi connectivity index (χ2v) is 6.84. The average Bonchev–Trinajstić information content (AvgIpc) is 3.13. The zero-order valence-corrected chi connectivity index (χ0v) is 14.4. The van der Waals surface area contributed by atoms with Gasteiger partial charge in [0.25, 0.3) is 0 Å². The van der Waals surface area contributed by atoms with Gasteiger partial charge in [-0.3, -0.25) is 4.79 Å². The van der Waals surface area contributed by atoms with Crippen LogP contribution in [0.1, 0.15) is 5.69 Å². The van der Waals surface area contributed by atoms with Crippen molar-refractivity contribution in [2.75, 3.05) is 19.0 Å². The van der Waals surface area contributed by atoms with E-state index in [9.17, 15) is 4.79 Å². The Morgan fingerprint density at radius 3 is 2.67 bits per heavy atom. The zero-order valence-electron chi connectivity index (χ0n) is 12.9. The Morgan fingerprint density at radius 2 is 2.12 bits per heavy atom. The number of thiophene rings is 1. The Kier molecular flexibility index (Phi) is 4.50. The molecule has 0 aliphatic carbocycles. The Hall–Kier alpha value is -2.45. The molecule has 0 amide bonds. The SMILES string of the molecule is CN(C)c1cnc(-c2nc(CC(=O)O)c(-c3ccc(Cl)s3)o2)cn1. The molecule has 0 spiro atoms. The molecule has 1 N–H and O–H groups in total. The van der Waals surface area contributed by atoms with Crippen LogP contribution in [0.2, 0.25) is 4.34 Å². The first-order valence-corrected chi connectivity index (χ1v) is 8.10. The van der Waals surface area contributed by atoms with E-state index < -0.39 is 5.97 Å². The molecule has 3 heterocycles. The van der Waals surface area contributed by atoms with Crippen LogP contribution in [0, 0.1) is 0 Å². The maximum Gasteiger partial charge on any atom is 0.309 e. The quantitative estimate of drug-likeness (QED) is 0.743. The van der Waals surface area contributed by atoms with E-state index in [4.69, 9.17) is 21.1 Å². The van der Waals surface area contributed by atoms with Crippen LogP contribution in [0.15, 0.2) is 28.9 Å². The molecule has 0 fully saturated rings. The van der Waals surface area contributed by atoms with Gasteiger partial charge in [0, 0.05) is 14.1 Å². The van der Waals surface area contributed by atoms with Crippen LogP contribution in [0.25, 0.3) is 22.2 Å². The Labute approximate surface area is 146 Å². The standard InChI is InChI=1S/C15H13ClN4O3S/c1-20(2)12-7-17-9(6-18-12)15-19-8(5-13(21)22)14(23-15)10-3-4-11(16)24-10/h3-4,6-7H,5H2,1-2H3,(H,21,22). The normalized spacial score (nSPS) is 10.8. The van der Waals surface area contributed by atoms with Gasteiger partial charge in [-0.15, -0.1) is 11.3 Å². The minimum Gasteiger partial charge on any atom is -0.481 e. The number of hydrogen-bond donors (Lipinski definition) is 1. The third kappa shape index (κ3) is 3.39. The van der Waals surface area contributed by atoms with Gasteiger partial charge in [-0.25, -0.2) is 15.0 Å². The molecular weight excluding hydrogens is 352 g/mol. The molecule has 0 radical (unpaired) electrons. The summed E-state index contributed by atoms with van der Waals surface area (Å²) in [4.78, 5) is 26.4. The summed E-state index contributed by atoms with van der Waals surface area (Å²) in [6, 6.07) is 3.49. The summed E-state index contributed by atoms with van der Waals surface area (Å²) >= 11 is 7.25. The lowest BCUT2D eigenvalue weighted by Crippen LogP contribution is -2.10. The third-order valence-electron chi connectivity index (χ3n) is 3.13. The minimum absolute atomic E-state index is 0.226. The summed E-state index contributed by atoms with van der Waals surface area (Å²) in [5.41, 5.74) is 0.760. The van der Waals surface area contributed by atoms with Gasteiger partial charge in [-0.05, 0) is 12.1 Å². The van der Waals surface area contributed by atoms with Crippen LogP contribution in [-0.2, 0) is 11.2 Å². The van der Waals surface area contributed by atoms with Gasteiger partial charge in [-0.1, -0.05) is 11.6 Å². The number of rotatable bonds is 5. The fourth-order valence-electron chi connectivity index (χ4n) is 2.02. The number of carboxylic acids is 1. The fourth-order valence-corrected chi connectivity index (χ4v) is 3.06. The van der Waals surface area contributed by atoms with Crippen molar-refractivity contribution < 1.29 is 14.3 Å². The predicted molar refractivity (Wildman–Crippen MR) is 91.5 cm³/mol. The lowest BCUT2D eigenvalue weighted by Gasteiger charge is -2.09. The zero-order chi connectivity index (χ0) is 17.3. The van der Waals surface area contributed by atoms with Crippen LogP contribution in [-0.4, -0.2) is 40.1 Å². The number of aromatic nitrogens is 3. The van der Waals surface area contributed by atoms with Crippen molar-refractivity contribution in [2.45, 2.75) is 6.42 Å². The van der Waals surface area contributed by atoms with Gasteiger partial charge in [-0.2, -0.15) is 0 Å². The first-order valence-electron chi connectivity index (χ1n) is 6.91. The monoisotopic (exact) mass is 364 g/mol. The summed E-state index contributed by atoms with van der Waals surface area (Å²) < 4.78 is 6.35. The van der Waals surface area contributed by atoms with Gasteiger partial charge < -0.3 is 14.4 Å². The summed E-state index contributed by atoms with van der Waals surface area (Å²) in [7, 11) is 3.72. The summed E-state index contributed by atoms with van der Waals surface area (Å²) in [6.45, 7) is 0. The second kappa shape index (κ2) is 6.58. The fraction of sp³-hybridized carbons (Fsp3) is 0.200. The summed E-state index contributed by atoms with van der Waals surface area (Å²) in [5.74, 6) is 0.320. The molecule has 0 bridgehead atoms. The third-order valence-corrected chi connectivity index (χ3v) is 4.36. The first kappa shape index (κ1) is 16.4. The van der Waals surface area contributed by atoms with E-state index in [0.717, 1.165) is 0 Å². The van der Waals surface area contributed by atoms with Crippen molar-refractivity contribution in [1.29, 1.82) is 0 Å². The number of hydrogen-bond acceptors (Lipinski definition) is 7. The van der Waals surface area contributed by atoms with Crippen LogP contribution < -0.4 is 4.90 Å². The number of anilines is 1. The van der Waals surface area contributed by atoms with Crippen molar-refractivity contribution in [2.24, 2.45) is 0 Å². The van der Waals surface area contributed by atoms with E-state index in [2.05, 4.69) is 15.0 Å². The molecule has 0 unspecified atom stereocenters. The molecule has 0 aliphatic heterocycles. The second-order valence-electron chi connectivity index (χ2n) is 5.12. The van der Waals surface area contributed by atoms with Crippen molar-refractivity contribution in [3.05, 3.63) is 34.6 Å². The smallest absolute Gasteiger partial charge is 0.309 e. The largest absolute Gasteiger partial charge is 0.481 e. The lowest BCUT2D eigenvalue weighted by atomic mass is 10.2. The van der Waals surface area contributed by atoms with Gasteiger partial charge in [0.2, 0.25) is 5.89 Å². The molecule has 3 rings (SSSR count). The van der Waals surface area contributed by atoms with Gasteiger partial charge in [0.05, 0.1) is 33.7 Å². The van der Waals surface area contributed by atoms with E-state index in [1.54, 1.807) is 18.3 Å². The van der Waals surface area contributed by atoms with Gasteiger partial charge in [0.1, 0.15) is 11.5 Å². The molecule has 0 aromatic carbocycles. The maximum absolute atomic E-state index is 11.1. The number of aliphatic carboxylic acids is 1. The van der Waals surface area contributed by atoms with Crippen LogP contribution in [0.3, 0.4) is 0 Å². The molecule has 3 aromatic heterocycles. The molecule has 0 aliphatic rings. The van der Waals surface area contributed by atoms with E-state index in [0.29, 0.717) is 32.2 Å². The molecule has 3 aromatic rings. The van der Waals surface area contributed by atoms with Gasteiger partial charge in [0.15, 0.2) is 5.76 Å². The van der Waals surface area contributed by atoms with Crippen molar-refractivity contribution in [3.63, 3.8) is 0 Å². The van der Waals surface area contributed by atoms with E-state index in [-0.39, 0.29) is 12.3 Å². The molecule has 0 saturated heterocycles. The van der Waals surface area contributed by atoms with Crippen molar-refractivity contribution in [3.8, 4) is 22.2 Å². The molecule has 0 saturated carbocycles. The van der Waals surface area contributed by atoms with Crippen LogP contribution in [0.4, 0.5) is 5.82 Å². The van der Waals surface area contributed by atoms with Crippen LogP contribution >= 0.6 is 22.9 Å². The number of oxazole rings is 1. The first-order chi connectivity index (χ1) is 11.4. The minimum atomic E-state index is -0.993. The predicted octanol–water partition coefficient (Wildman–Crippen LogP) is 3.21. The Bertz CT molecular complexity index is 873. The number of nitrogens with zero attached hydrogens (tertiary/aromatic N) is 4. The topological polar surface area (TPSA) is 92.4 Å². The number of halogens is 1. The molecule has 124 valence electrons. The molecule has 7 nitrogen and oxygen atoms in total. The molecular formula is C15H13ClN4O3S. The highest BCUT2D eigenvalue weighted by Crippen LogP contribution is 2.35. The van der Waals surface area contributed by atoms with Crippen LogP contribution in [0.5, 0.6) is 0 Å². The summed E-state index contributed by atoms with van der Waals surface area (Å²) in [6.07, 6.45) is 2.88. The van der Waals surface area contributed by atoms with E-state index in [1.807, 2.05) is 19.0 Å².